The Balaban J connectivity index is 1.87. The summed E-state index contributed by atoms with van der Waals surface area (Å²) in [6, 6.07) is 20.1. The lowest BCUT2D eigenvalue weighted by Crippen LogP contribution is -2.44. The molecule has 0 saturated carbocycles. The Kier molecular flexibility index (Phi) is 6.61. The Morgan fingerprint density at radius 3 is 2.00 bits per heavy atom. The molecule has 1 aliphatic rings. The van der Waals surface area contributed by atoms with Gasteiger partial charge in [0.15, 0.2) is 4.75 Å². The van der Waals surface area contributed by atoms with Crippen molar-refractivity contribution < 1.29 is 14.0 Å². The lowest BCUT2D eigenvalue weighted by molar-refractivity contribution is -0.897. The number of quaternary nitrogens is 1. The summed E-state index contributed by atoms with van der Waals surface area (Å²) in [5.41, 5.74) is 1.96. The van der Waals surface area contributed by atoms with Crippen molar-refractivity contribution in [3.05, 3.63) is 71.8 Å². The molecule has 144 valence electrons. The summed E-state index contributed by atoms with van der Waals surface area (Å²) in [6.07, 6.45) is 2.54. The molecular formula is C23H30NO2S+. The second-order valence-electron chi connectivity index (χ2n) is 7.48. The van der Waals surface area contributed by atoms with E-state index in [-0.39, 0.29) is 5.97 Å². The number of thioether (sulfide) groups is 1. The SMILES string of the molecule is CCSC(C(=O)OCC[N+]1(C)CCCC1)(c1ccccc1)c1ccccc1. The van der Waals surface area contributed by atoms with Gasteiger partial charge in [-0.3, -0.25) is 0 Å². The number of carbonyl (C=O) groups is 1. The number of benzene rings is 2. The van der Waals surface area contributed by atoms with Crippen LogP contribution in [-0.2, 0) is 14.3 Å². The van der Waals surface area contributed by atoms with Crippen molar-refractivity contribution in [3.63, 3.8) is 0 Å². The van der Waals surface area contributed by atoms with Crippen LogP contribution in [0.15, 0.2) is 60.7 Å². The number of likely N-dealkylation sites (N-methyl/N-ethyl adjacent to an activating group) is 1. The molecule has 4 heteroatoms. The summed E-state index contributed by atoms with van der Waals surface area (Å²) < 4.78 is 6.11. The molecule has 0 radical (unpaired) electrons. The van der Waals surface area contributed by atoms with Crippen LogP contribution in [0.4, 0.5) is 0 Å². The molecule has 2 aromatic rings. The summed E-state index contributed by atoms with van der Waals surface area (Å²) in [5, 5.41) is 0. The maximum atomic E-state index is 13.5. The largest absolute Gasteiger partial charge is 0.458 e. The smallest absolute Gasteiger partial charge is 0.331 e. The second-order valence-corrected chi connectivity index (χ2v) is 8.96. The maximum Gasteiger partial charge on any atom is 0.331 e. The number of esters is 1. The van der Waals surface area contributed by atoms with E-state index in [0.29, 0.717) is 6.61 Å². The molecule has 3 nitrogen and oxygen atoms in total. The zero-order valence-corrected chi connectivity index (χ0v) is 17.2. The highest BCUT2D eigenvalue weighted by molar-refractivity contribution is 8.01. The summed E-state index contributed by atoms with van der Waals surface area (Å²) in [5.74, 6) is 0.671. The third-order valence-corrected chi connectivity index (χ3v) is 6.88. The first-order valence-electron chi connectivity index (χ1n) is 9.86. The van der Waals surface area contributed by atoms with Gasteiger partial charge in [-0.25, -0.2) is 4.79 Å². The second kappa shape index (κ2) is 8.94. The van der Waals surface area contributed by atoms with E-state index in [0.717, 1.165) is 27.9 Å². The molecular weight excluding hydrogens is 354 g/mol. The number of likely N-dealkylation sites (tertiary alicyclic amines) is 1. The van der Waals surface area contributed by atoms with Crippen molar-refractivity contribution in [2.24, 2.45) is 0 Å². The molecule has 0 unspecified atom stereocenters. The highest BCUT2D eigenvalue weighted by Gasteiger charge is 2.44. The fraction of sp³-hybridized carbons (Fsp3) is 0.435. The Labute approximate surface area is 167 Å². The van der Waals surface area contributed by atoms with Gasteiger partial charge in [0.1, 0.15) is 13.2 Å². The van der Waals surface area contributed by atoms with Crippen LogP contribution in [0.3, 0.4) is 0 Å². The van der Waals surface area contributed by atoms with E-state index in [9.17, 15) is 4.79 Å². The monoisotopic (exact) mass is 384 g/mol. The fourth-order valence-electron chi connectivity index (χ4n) is 3.97. The normalized spacial score (nSPS) is 16.2. The van der Waals surface area contributed by atoms with Crippen LogP contribution in [-0.4, -0.2) is 49.5 Å². The Morgan fingerprint density at radius 2 is 1.52 bits per heavy atom. The molecule has 0 N–H and O–H groups in total. The van der Waals surface area contributed by atoms with Gasteiger partial charge in [0.25, 0.3) is 0 Å². The first-order valence-corrected chi connectivity index (χ1v) is 10.8. The van der Waals surface area contributed by atoms with Crippen molar-refractivity contribution >= 4 is 17.7 Å². The molecule has 0 bridgehead atoms. The highest BCUT2D eigenvalue weighted by Crippen LogP contribution is 2.44. The first kappa shape index (κ1) is 20.0. The fourth-order valence-corrected chi connectivity index (χ4v) is 5.19. The van der Waals surface area contributed by atoms with E-state index in [4.69, 9.17) is 4.74 Å². The van der Waals surface area contributed by atoms with Crippen LogP contribution in [0.5, 0.6) is 0 Å². The van der Waals surface area contributed by atoms with Gasteiger partial charge < -0.3 is 9.22 Å². The molecule has 1 aliphatic heterocycles. The average Bonchev–Trinajstić information content (AvgIpc) is 3.14. The number of ether oxygens (including phenoxy) is 1. The molecule has 0 aromatic heterocycles. The number of hydrogen-bond acceptors (Lipinski definition) is 3. The zero-order chi connectivity index (χ0) is 19.2. The zero-order valence-electron chi connectivity index (χ0n) is 16.4. The molecule has 0 amide bonds. The highest BCUT2D eigenvalue weighted by atomic mass is 32.2. The Hall–Kier alpha value is -1.78. The van der Waals surface area contributed by atoms with E-state index in [1.54, 1.807) is 11.8 Å². The van der Waals surface area contributed by atoms with Crippen molar-refractivity contribution in [2.45, 2.75) is 24.5 Å². The van der Waals surface area contributed by atoms with Gasteiger partial charge in [0.05, 0.1) is 20.1 Å². The lowest BCUT2D eigenvalue weighted by Gasteiger charge is -2.33. The Bertz CT molecular complexity index is 687. The molecule has 0 atom stereocenters. The van der Waals surface area contributed by atoms with Gasteiger partial charge >= 0.3 is 5.97 Å². The molecule has 27 heavy (non-hydrogen) atoms. The van der Waals surface area contributed by atoms with Crippen LogP contribution >= 0.6 is 11.8 Å². The van der Waals surface area contributed by atoms with E-state index < -0.39 is 4.75 Å². The predicted molar refractivity (Wildman–Crippen MR) is 113 cm³/mol. The molecule has 2 aromatic carbocycles. The Morgan fingerprint density at radius 1 is 1.00 bits per heavy atom. The average molecular weight is 385 g/mol. The molecule has 1 fully saturated rings. The minimum absolute atomic E-state index is 0.155. The van der Waals surface area contributed by atoms with Gasteiger partial charge in [-0.05, 0) is 16.9 Å². The van der Waals surface area contributed by atoms with Crippen LogP contribution in [0.2, 0.25) is 0 Å². The minimum Gasteiger partial charge on any atom is -0.458 e. The van der Waals surface area contributed by atoms with E-state index in [1.165, 1.54) is 25.9 Å². The van der Waals surface area contributed by atoms with E-state index in [2.05, 4.69) is 14.0 Å². The topological polar surface area (TPSA) is 26.3 Å². The summed E-state index contributed by atoms with van der Waals surface area (Å²) in [4.78, 5) is 13.5. The van der Waals surface area contributed by atoms with Gasteiger partial charge in [-0.15, -0.1) is 11.8 Å². The first-order chi connectivity index (χ1) is 13.1. The van der Waals surface area contributed by atoms with Crippen LogP contribution in [0.1, 0.15) is 30.9 Å². The minimum atomic E-state index is -0.819. The van der Waals surface area contributed by atoms with Gasteiger partial charge in [-0.1, -0.05) is 67.6 Å². The van der Waals surface area contributed by atoms with Gasteiger partial charge in [-0.2, -0.15) is 0 Å². The van der Waals surface area contributed by atoms with Crippen LogP contribution in [0, 0.1) is 0 Å². The number of nitrogens with zero attached hydrogens (tertiary/aromatic N) is 1. The van der Waals surface area contributed by atoms with E-state index in [1.807, 2.05) is 60.7 Å². The summed E-state index contributed by atoms with van der Waals surface area (Å²) in [7, 11) is 2.27. The quantitative estimate of drug-likeness (QED) is 0.496. The molecule has 0 aliphatic carbocycles. The number of rotatable bonds is 8. The number of hydrogen-bond donors (Lipinski definition) is 0. The van der Waals surface area contributed by atoms with Crippen molar-refractivity contribution in [1.29, 1.82) is 0 Å². The molecule has 1 heterocycles. The lowest BCUT2D eigenvalue weighted by atomic mass is 9.90. The van der Waals surface area contributed by atoms with Crippen molar-refractivity contribution in [1.82, 2.24) is 0 Å². The molecule has 0 spiro atoms. The standard InChI is InChI=1S/C23H30NO2S/c1-3-27-23(20-12-6-4-7-13-20,21-14-8-5-9-15-21)22(25)26-19-18-24(2)16-10-11-17-24/h4-9,12-15H,3,10-11,16-19H2,1-2H3/q+1. The maximum absolute atomic E-state index is 13.5. The predicted octanol–water partition coefficient (Wildman–Crippen LogP) is 4.47. The van der Waals surface area contributed by atoms with Crippen molar-refractivity contribution in [2.75, 3.05) is 39.0 Å². The van der Waals surface area contributed by atoms with Gasteiger partial charge in [0.2, 0.25) is 0 Å². The molecule has 1 saturated heterocycles. The third kappa shape index (κ3) is 4.39. The van der Waals surface area contributed by atoms with E-state index >= 15 is 0 Å². The summed E-state index contributed by atoms with van der Waals surface area (Å²) in [6.45, 7) is 5.83. The van der Waals surface area contributed by atoms with Crippen molar-refractivity contribution in [3.8, 4) is 0 Å². The third-order valence-electron chi connectivity index (χ3n) is 5.52. The summed E-state index contributed by atoms with van der Waals surface area (Å²) >= 11 is 1.64. The van der Waals surface area contributed by atoms with Crippen LogP contribution < -0.4 is 0 Å². The number of carbonyl (C=O) groups excluding carboxylic acids is 1. The van der Waals surface area contributed by atoms with Crippen LogP contribution in [0.25, 0.3) is 0 Å². The van der Waals surface area contributed by atoms with Gasteiger partial charge in [0, 0.05) is 12.8 Å². The molecule has 3 rings (SSSR count).